The van der Waals surface area contributed by atoms with E-state index in [9.17, 15) is 0 Å². The van der Waals surface area contributed by atoms with Crippen molar-refractivity contribution in [1.29, 1.82) is 0 Å². The van der Waals surface area contributed by atoms with Crippen LogP contribution in [-0.4, -0.2) is 37.8 Å². The normalized spacial score (nSPS) is 20.4. The summed E-state index contributed by atoms with van der Waals surface area (Å²) in [6.07, 6.45) is 2.75. The maximum absolute atomic E-state index is 5.89. The van der Waals surface area contributed by atoms with Crippen molar-refractivity contribution >= 4 is 5.69 Å². The fraction of sp³-hybridized carbons (Fsp3) is 0.600. The van der Waals surface area contributed by atoms with Crippen LogP contribution >= 0.6 is 0 Å². The first kappa shape index (κ1) is 14.2. The summed E-state index contributed by atoms with van der Waals surface area (Å²) in [6.45, 7) is 5.89. The summed E-state index contributed by atoms with van der Waals surface area (Å²) < 4.78 is 11.0. The van der Waals surface area contributed by atoms with Crippen LogP contribution in [0.4, 0.5) is 5.69 Å². The third kappa shape index (κ3) is 4.11. The Morgan fingerprint density at radius 2 is 2.21 bits per heavy atom. The molecule has 0 aromatic heterocycles. The summed E-state index contributed by atoms with van der Waals surface area (Å²) in [5.74, 6) is 0.827. The Bertz CT molecular complexity index is 407. The Morgan fingerprint density at radius 1 is 1.37 bits per heavy atom. The molecule has 1 aliphatic heterocycles. The summed E-state index contributed by atoms with van der Waals surface area (Å²) in [5.41, 5.74) is 7.85. The standard InChI is InChI=1S/C15H24N2O2/c1-3-19-14-5-4-6-17(11-14)10-12-7-13(16)9-15(8-12)18-2/h7-9,14H,3-6,10-11,16H2,1-2H3. The van der Waals surface area contributed by atoms with Crippen LogP contribution in [0.25, 0.3) is 0 Å². The Hall–Kier alpha value is -1.26. The largest absolute Gasteiger partial charge is 0.497 e. The van der Waals surface area contributed by atoms with E-state index < -0.39 is 0 Å². The summed E-state index contributed by atoms with van der Waals surface area (Å²) in [4.78, 5) is 2.43. The topological polar surface area (TPSA) is 47.7 Å². The van der Waals surface area contributed by atoms with E-state index in [1.165, 1.54) is 18.4 Å². The lowest BCUT2D eigenvalue weighted by atomic mass is 10.1. The summed E-state index contributed by atoms with van der Waals surface area (Å²) in [6, 6.07) is 5.93. The van der Waals surface area contributed by atoms with Crippen LogP contribution in [0.5, 0.6) is 5.75 Å². The number of nitrogen functional groups attached to an aromatic ring is 1. The minimum Gasteiger partial charge on any atom is -0.497 e. The number of methoxy groups -OCH3 is 1. The van der Waals surface area contributed by atoms with Crippen molar-refractivity contribution in [2.45, 2.75) is 32.4 Å². The van der Waals surface area contributed by atoms with E-state index >= 15 is 0 Å². The number of hydrogen-bond donors (Lipinski definition) is 1. The molecule has 1 heterocycles. The SMILES string of the molecule is CCOC1CCCN(Cc2cc(N)cc(OC)c2)C1. The average Bonchev–Trinajstić information content (AvgIpc) is 2.39. The number of nitrogens with zero attached hydrogens (tertiary/aromatic N) is 1. The van der Waals surface area contributed by atoms with Gasteiger partial charge in [0, 0.05) is 31.5 Å². The van der Waals surface area contributed by atoms with Crippen LogP contribution in [0, 0.1) is 0 Å². The first-order valence-corrected chi connectivity index (χ1v) is 6.98. The number of rotatable bonds is 5. The van der Waals surface area contributed by atoms with Crippen molar-refractivity contribution in [3.05, 3.63) is 23.8 Å². The van der Waals surface area contributed by atoms with Crippen LogP contribution in [0.2, 0.25) is 0 Å². The molecule has 0 spiro atoms. The summed E-state index contributed by atoms with van der Waals surface area (Å²) >= 11 is 0. The molecule has 0 saturated carbocycles. The molecule has 4 nitrogen and oxygen atoms in total. The smallest absolute Gasteiger partial charge is 0.121 e. The molecule has 106 valence electrons. The molecule has 1 saturated heterocycles. The van der Waals surface area contributed by atoms with E-state index in [4.69, 9.17) is 15.2 Å². The van der Waals surface area contributed by atoms with Crippen LogP contribution in [-0.2, 0) is 11.3 Å². The molecule has 0 radical (unpaired) electrons. The van der Waals surface area contributed by atoms with Gasteiger partial charge in [0.2, 0.25) is 0 Å². The molecule has 1 aliphatic rings. The van der Waals surface area contributed by atoms with Gasteiger partial charge in [-0.1, -0.05) is 0 Å². The predicted octanol–water partition coefficient (Wildman–Crippen LogP) is 2.28. The van der Waals surface area contributed by atoms with Gasteiger partial charge in [0.1, 0.15) is 5.75 Å². The van der Waals surface area contributed by atoms with E-state index in [2.05, 4.69) is 17.9 Å². The second-order valence-corrected chi connectivity index (χ2v) is 5.07. The maximum atomic E-state index is 5.89. The molecule has 0 bridgehead atoms. The molecule has 0 amide bonds. The van der Waals surface area contributed by atoms with Crippen LogP contribution < -0.4 is 10.5 Å². The number of piperidine rings is 1. The Morgan fingerprint density at radius 3 is 2.95 bits per heavy atom. The fourth-order valence-corrected chi connectivity index (χ4v) is 2.68. The molecule has 19 heavy (non-hydrogen) atoms. The zero-order valence-electron chi connectivity index (χ0n) is 11.9. The Balaban J connectivity index is 1.98. The van der Waals surface area contributed by atoms with Crippen LogP contribution in [0.1, 0.15) is 25.3 Å². The van der Waals surface area contributed by atoms with Gasteiger partial charge in [0.25, 0.3) is 0 Å². The molecule has 1 fully saturated rings. The zero-order valence-corrected chi connectivity index (χ0v) is 11.9. The zero-order chi connectivity index (χ0) is 13.7. The number of hydrogen-bond acceptors (Lipinski definition) is 4. The van der Waals surface area contributed by atoms with E-state index in [1.54, 1.807) is 7.11 Å². The lowest BCUT2D eigenvalue weighted by Gasteiger charge is -2.32. The molecule has 1 unspecified atom stereocenters. The number of nitrogens with two attached hydrogens (primary N) is 1. The minimum absolute atomic E-state index is 0.377. The number of ether oxygens (including phenoxy) is 2. The first-order valence-electron chi connectivity index (χ1n) is 6.98. The van der Waals surface area contributed by atoms with Gasteiger partial charge in [-0.25, -0.2) is 0 Å². The molecule has 2 rings (SSSR count). The second-order valence-electron chi connectivity index (χ2n) is 5.07. The highest BCUT2D eigenvalue weighted by Crippen LogP contribution is 2.21. The summed E-state index contributed by atoms with van der Waals surface area (Å²) in [5, 5.41) is 0. The highest BCUT2D eigenvalue weighted by Gasteiger charge is 2.20. The third-order valence-electron chi connectivity index (χ3n) is 3.50. The number of likely N-dealkylation sites (tertiary alicyclic amines) is 1. The third-order valence-corrected chi connectivity index (χ3v) is 3.50. The van der Waals surface area contributed by atoms with Gasteiger partial charge >= 0.3 is 0 Å². The molecular formula is C15H24N2O2. The van der Waals surface area contributed by atoms with Crippen molar-refractivity contribution in [1.82, 2.24) is 4.90 Å². The number of anilines is 1. The lowest BCUT2D eigenvalue weighted by Crippen LogP contribution is -2.39. The Labute approximate surface area is 115 Å². The van der Waals surface area contributed by atoms with Crippen molar-refractivity contribution in [3.63, 3.8) is 0 Å². The van der Waals surface area contributed by atoms with E-state index in [-0.39, 0.29) is 0 Å². The van der Waals surface area contributed by atoms with Crippen molar-refractivity contribution < 1.29 is 9.47 Å². The second kappa shape index (κ2) is 6.78. The predicted molar refractivity (Wildman–Crippen MR) is 77.3 cm³/mol. The van der Waals surface area contributed by atoms with Gasteiger partial charge in [0.05, 0.1) is 13.2 Å². The first-order chi connectivity index (χ1) is 9.21. The Kier molecular flexibility index (Phi) is 5.05. The fourth-order valence-electron chi connectivity index (χ4n) is 2.68. The van der Waals surface area contributed by atoms with Crippen molar-refractivity contribution in [2.24, 2.45) is 0 Å². The lowest BCUT2D eigenvalue weighted by molar-refractivity contribution is 0.00363. The van der Waals surface area contributed by atoms with Gasteiger partial charge in [-0.05, 0) is 44.0 Å². The minimum atomic E-state index is 0.377. The monoisotopic (exact) mass is 264 g/mol. The highest BCUT2D eigenvalue weighted by molar-refractivity contribution is 5.47. The molecule has 2 N–H and O–H groups in total. The van der Waals surface area contributed by atoms with Crippen molar-refractivity contribution in [3.8, 4) is 5.75 Å². The number of benzene rings is 1. The van der Waals surface area contributed by atoms with Crippen molar-refractivity contribution in [2.75, 3.05) is 32.5 Å². The molecular weight excluding hydrogens is 240 g/mol. The molecule has 1 atom stereocenters. The van der Waals surface area contributed by atoms with Gasteiger partial charge in [-0.3, -0.25) is 4.90 Å². The van der Waals surface area contributed by atoms with Gasteiger partial charge in [0.15, 0.2) is 0 Å². The molecule has 1 aromatic rings. The van der Waals surface area contributed by atoms with Gasteiger partial charge in [-0.2, -0.15) is 0 Å². The quantitative estimate of drug-likeness (QED) is 0.829. The van der Waals surface area contributed by atoms with Crippen LogP contribution in [0.3, 0.4) is 0 Å². The average molecular weight is 264 g/mol. The van der Waals surface area contributed by atoms with Crippen LogP contribution in [0.15, 0.2) is 18.2 Å². The van der Waals surface area contributed by atoms with E-state index in [1.807, 2.05) is 12.1 Å². The summed E-state index contributed by atoms with van der Waals surface area (Å²) in [7, 11) is 1.67. The molecule has 4 heteroatoms. The highest BCUT2D eigenvalue weighted by atomic mass is 16.5. The molecule has 1 aromatic carbocycles. The van der Waals surface area contributed by atoms with Gasteiger partial charge < -0.3 is 15.2 Å². The van der Waals surface area contributed by atoms with E-state index in [0.29, 0.717) is 6.10 Å². The van der Waals surface area contributed by atoms with E-state index in [0.717, 1.165) is 37.7 Å². The maximum Gasteiger partial charge on any atom is 0.121 e. The van der Waals surface area contributed by atoms with Gasteiger partial charge in [-0.15, -0.1) is 0 Å². The molecule has 0 aliphatic carbocycles.